The SMILES string of the molecule is Cl.Cl.FC1(CN2CCNCC2)CCCCC1. The van der Waals surface area contributed by atoms with Crippen LogP contribution in [-0.4, -0.2) is 43.3 Å². The van der Waals surface area contributed by atoms with Gasteiger partial charge in [-0.1, -0.05) is 19.3 Å². The Morgan fingerprint density at radius 3 is 2.12 bits per heavy atom. The van der Waals surface area contributed by atoms with Crippen LogP contribution in [0.25, 0.3) is 0 Å². The van der Waals surface area contributed by atoms with Crippen LogP contribution in [0.15, 0.2) is 0 Å². The topological polar surface area (TPSA) is 15.3 Å². The molecule has 0 aromatic heterocycles. The summed E-state index contributed by atoms with van der Waals surface area (Å²) in [6.45, 7) is 4.76. The molecule has 0 unspecified atom stereocenters. The summed E-state index contributed by atoms with van der Waals surface area (Å²) in [6.07, 6.45) is 4.98. The zero-order chi connectivity index (χ0) is 9.86. The Morgan fingerprint density at radius 1 is 1.00 bits per heavy atom. The number of alkyl halides is 1. The van der Waals surface area contributed by atoms with Crippen LogP contribution in [0.2, 0.25) is 0 Å². The third-order valence-corrected chi connectivity index (χ3v) is 3.47. The Bertz CT molecular complexity index is 181. The van der Waals surface area contributed by atoms with Crippen molar-refractivity contribution in [3.05, 3.63) is 0 Å². The van der Waals surface area contributed by atoms with Gasteiger partial charge < -0.3 is 5.32 Å². The molecule has 1 heterocycles. The van der Waals surface area contributed by atoms with E-state index in [1.165, 1.54) is 6.42 Å². The number of hydrogen-bond acceptors (Lipinski definition) is 2. The van der Waals surface area contributed by atoms with E-state index in [2.05, 4.69) is 10.2 Å². The Labute approximate surface area is 110 Å². The van der Waals surface area contributed by atoms with Gasteiger partial charge in [-0.3, -0.25) is 4.90 Å². The summed E-state index contributed by atoms with van der Waals surface area (Å²) in [5.41, 5.74) is -0.865. The minimum absolute atomic E-state index is 0. The molecule has 2 rings (SSSR count). The lowest BCUT2D eigenvalue weighted by Crippen LogP contribution is -2.49. The normalized spacial score (nSPS) is 25.3. The monoisotopic (exact) mass is 272 g/mol. The van der Waals surface area contributed by atoms with E-state index in [4.69, 9.17) is 0 Å². The second-order valence-electron chi connectivity index (χ2n) is 4.74. The minimum Gasteiger partial charge on any atom is -0.314 e. The van der Waals surface area contributed by atoms with E-state index >= 15 is 0 Å². The van der Waals surface area contributed by atoms with Gasteiger partial charge in [0.1, 0.15) is 5.67 Å². The summed E-state index contributed by atoms with van der Waals surface area (Å²) < 4.78 is 14.3. The molecule has 0 aromatic rings. The summed E-state index contributed by atoms with van der Waals surface area (Å²) in [5, 5.41) is 3.30. The van der Waals surface area contributed by atoms with Gasteiger partial charge in [0.05, 0.1) is 0 Å². The second-order valence-corrected chi connectivity index (χ2v) is 4.74. The molecule has 0 amide bonds. The number of nitrogens with one attached hydrogen (secondary N) is 1. The number of piperazine rings is 1. The van der Waals surface area contributed by atoms with Crippen molar-refractivity contribution in [1.82, 2.24) is 10.2 Å². The van der Waals surface area contributed by atoms with Crippen molar-refractivity contribution in [2.24, 2.45) is 0 Å². The second kappa shape index (κ2) is 7.70. The fourth-order valence-corrected chi connectivity index (χ4v) is 2.61. The number of hydrogen-bond donors (Lipinski definition) is 1. The summed E-state index contributed by atoms with van der Waals surface area (Å²) in [7, 11) is 0. The molecule has 16 heavy (non-hydrogen) atoms. The standard InChI is InChI=1S/C11H21FN2.2ClH/c12-11(4-2-1-3-5-11)10-14-8-6-13-7-9-14;;/h13H,1-10H2;2*1H. The summed E-state index contributed by atoms with van der Waals surface area (Å²) in [5.74, 6) is 0. The van der Waals surface area contributed by atoms with E-state index in [1.54, 1.807) is 0 Å². The van der Waals surface area contributed by atoms with Gasteiger partial charge >= 0.3 is 0 Å². The highest BCUT2D eigenvalue weighted by Gasteiger charge is 2.33. The molecule has 0 spiro atoms. The molecule has 1 N–H and O–H groups in total. The maximum atomic E-state index is 14.3. The third kappa shape index (κ3) is 4.74. The molecule has 0 radical (unpaired) electrons. The van der Waals surface area contributed by atoms with E-state index < -0.39 is 5.67 Å². The molecule has 0 bridgehead atoms. The zero-order valence-electron chi connectivity index (χ0n) is 9.71. The molecule has 2 aliphatic rings. The third-order valence-electron chi connectivity index (χ3n) is 3.47. The number of halogens is 3. The van der Waals surface area contributed by atoms with Crippen molar-refractivity contribution in [3.8, 4) is 0 Å². The summed E-state index contributed by atoms with van der Waals surface area (Å²) in [6, 6.07) is 0. The van der Waals surface area contributed by atoms with Gasteiger partial charge in [0.15, 0.2) is 0 Å². The first-order valence-corrected chi connectivity index (χ1v) is 5.91. The molecule has 1 saturated heterocycles. The Kier molecular flexibility index (Phi) is 7.90. The van der Waals surface area contributed by atoms with E-state index in [9.17, 15) is 4.39 Å². The van der Waals surface area contributed by atoms with Crippen LogP contribution in [0.4, 0.5) is 4.39 Å². The Hall–Kier alpha value is 0.430. The molecule has 2 nitrogen and oxygen atoms in total. The largest absolute Gasteiger partial charge is 0.314 e. The van der Waals surface area contributed by atoms with Crippen molar-refractivity contribution in [1.29, 1.82) is 0 Å². The van der Waals surface area contributed by atoms with E-state index in [-0.39, 0.29) is 24.8 Å². The van der Waals surface area contributed by atoms with Crippen LogP contribution in [0.3, 0.4) is 0 Å². The van der Waals surface area contributed by atoms with Crippen LogP contribution in [0, 0.1) is 0 Å². The molecular weight excluding hydrogens is 250 g/mol. The van der Waals surface area contributed by atoms with Gasteiger partial charge in [0.2, 0.25) is 0 Å². The maximum absolute atomic E-state index is 14.3. The summed E-state index contributed by atoms with van der Waals surface area (Å²) in [4.78, 5) is 2.28. The quantitative estimate of drug-likeness (QED) is 0.831. The first-order valence-electron chi connectivity index (χ1n) is 5.91. The minimum atomic E-state index is -0.865. The van der Waals surface area contributed by atoms with Gasteiger partial charge in [-0.15, -0.1) is 24.8 Å². The predicted molar refractivity (Wildman–Crippen MR) is 70.7 cm³/mol. The molecule has 98 valence electrons. The van der Waals surface area contributed by atoms with Gasteiger partial charge in [0, 0.05) is 32.7 Å². The van der Waals surface area contributed by atoms with Gasteiger partial charge in [-0.05, 0) is 12.8 Å². The highest BCUT2D eigenvalue weighted by Crippen LogP contribution is 2.32. The number of nitrogens with zero attached hydrogens (tertiary/aromatic N) is 1. The van der Waals surface area contributed by atoms with Crippen molar-refractivity contribution >= 4 is 24.8 Å². The lowest BCUT2D eigenvalue weighted by molar-refractivity contribution is 0.0506. The van der Waals surface area contributed by atoms with Crippen LogP contribution in [0.1, 0.15) is 32.1 Å². The van der Waals surface area contributed by atoms with Crippen molar-refractivity contribution in [3.63, 3.8) is 0 Å². The highest BCUT2D eigenvalue weighted by atomic mass is 35.5. The van der Waals surface area contributed by atoms with Crippen molar-refractivity contribution in [2.75, 3.05) is 32.7 Å². The van der Waals surface area contributed by atoms with E-state index in [1.807, 2.05) is 0 Å². The average Bonchev–Trinajstić information content (AvgIpc) is 2.19. The number of rotatable bonds is 2. The van der Waals surface area contributed by atoms with Crippen LogP contribution in [-0.2, 0) is 0 Å². The van der Waals surface area contributed by atoms with E-state index in [0.29, 0.717) is 6.54 Å². The van der Waals surface area contributed by atoms with Crippen molar-refractivity contribution in [2.45, 2.75) is 37.8 Å². The molecule has 0 aromatic carbocycles. The zero-order valence-corrected chi connectivity index (χ0v) is 11.3. The molecule has 1 aliphatic heterocycles. The van der Waals surface area contributed by atoms with Gasteiger partial charge in [-0.2, -0.15) is 0 Å². The lowest BCUT2D eigenvalue weighted by Gasteiger charge is -2.36. The molecular formula is C11H23Cl2FN2. The molecule has 2 fully saturated rings. The fraction of sp³-hybridized carbons (Fsp3) is 1.00. The van der Waals surface area contributed by atoms with Crippen LogP contribution >= 0.6 is 24.8 Å². The van der Waals surface area contributed by atoms with Crippen LogP contribution < -0.4 is 5.32 Å². The first kappa shape index (κ1) is 16.4. The maximum Gasteiger partial charge on any atom is 0.123 e. The Morgan fingerprint density at radius 2 is 1.56 bits per heavy atom. The Balaban J connectivity index is 0.00000112. The van der Waals surface area contributed by atoms with Crippen molar-refractivity contribution < 1.29 is 4.39 Å². The predicted octanol–water partition coefficient (Wildman–Crippen LogP) is 2.41. The van der Waals surface area contributed by atoms with Gasteiger partial charge in [-0.25, -0.2) is 4.39 Å². The average molecular weight is 273 g/mol. The highest BCUT2D eigenvalue weighted by molar-refractivity contribution is 5.85. The lowest BCUT2D eigenvalue weighted by atomic mass is 9.86. The first-order chi connectivity index (χ1) is 6.79. The van der Waals surface area contributed by atoms with E-state index in [0.717, 1.165) is 51.9 Å². The molecule has 1 aliphatic carbocycles. The fourth-order valence-electron chi connectivity index (χ4n) is 2.61. The summed E-state index contributed by atoms with van der Waals surface area (Å²) >= 11 is 0. The smallest absolute Gasteiger partial charge is 0.123 e. The molecule has 0 atom stereocenters. The van der Waals surface area contributed by atoms with Gasteiger partial charge in [0.25, 0.3) is 0 Å². The molecule has 5 heteroatoms. The van der Waals surface area contributed by atoms with Crippen LogP contribution in [0.5, 0.6) is 0 Å². The molecule has 1 saturated carbocycles.